The molecule has 0 unspecified atom stereocenters. The molecular weight excluding hydrogens is 347 g/mol. The molecule has 2 aromatic rings. The van der Waals surface area contributed by atoms with E-state index in [0.717, 1.165) is 13.2 Å². The molecule has 128 valence electrons. The molecule has 0 bridgehead atoms. The third-order valence-electron chi connectivity index (χ3n) is 2.93. The predicted octanol–water partition coefficient (Wildman–Crippen LogP) is 1.50. The Hall–Kier alpha value is -2.88. The number of esters is 1. The van der Waals surface area contributed by atoms with Gasteiger partial charge in [0.2, 0.25) is 0 Å². The van der Waals surface area contributed by atoms with Crippen LogP contribution in [0.4, 0.5) is 10.1 Å². The number of ether oxygens (including phenoxy) is 1. The van der Waals surface area contributed by atoms with Crippen LogP contribution in [0.5, 0.6) is 0 Å². The van der Waals surface area contributed by atoms with Crippen LogP contribution in [0.1, 0.15) is 26.5 Å². The van der Waals surface area contributed by atoms with Crippen molar-refractivity contribution >= 4 is 29.8 Å². The van der Waals surface area contributed by atoms with Crippen molar-refractivity contribution in [3.63, 3.8) is 0 Å². The Balaban J connectivity index is 0.00000288. The largest absolute Gasteiger partial charge is 0.465 e. The number of carbonyl (C=O) groups excluding carboxylic acids is 2. The number of aryl methyl sites for hydroxylation is 1. The first-order chi connectivity index (χ1) is 10.8. The molecular formula is C13H12ClFN4O5. The molecule has 0 fully saturated rings. The molecule has 1 heterocycles. The Morgan fingerprint density at radius 2 is 2.08 bits per heavy atom. The van der Waals surface area contributed by atoms with Gasteiger partial charge in [0.25, 0.3) is 5.69 Å². The van der Waals surface area contributed by atoms with Gasteiger partial charge in [-0.05, 0) is 6.07 Å². The van der Waals surface area contributed by atoms with E-state index in [1.807, 2.05) is 0 Å². The van der Waals surface area contributed by atoms with Crippen LogP contribution in [0.25, 0.3) is 0 Å². The van der Waals surface area contributed by atoms with Crippen LogP contribution in [0.3, 0.4) is 0 Å². The van der Waals surface area contributed by atoms with E-state index in [9.17, 15) is 24.1 Å². The summed E-state index contributed by atoms with van der Waals surface area (Å²) >= 11 is 0. The van der Waals surface area contributed by atoms with Crippen LogP contribution in [-0.4, -0.2) is 38.6 Å². The van der Waals surface area contributed by atoms with Crippen LogP contribution in [0.15, 0.2) is 18.5 Å². The predicted molar refractivity (Wildman–Crippen MR) is 80.7 cm³/mol. The number of nitro benzene ring substituents is 1. The zero-order chi connectivity index (χ0) is 17.1. The van der Waals surface area contributed by atoms with Gasteiger partial charge in [0.15, 0.2) is 11.6 Å². The van der Waals surface area contributed by atoms with Gasteiger partial charge in [-0.15, -0.1) is 12.4 Å². The SMILES string of the molecule is COC(=O)c1cc(F)cc([N+](=O)[O-])c1C(=O)Cc1ncn(C)n1.Cl. The van der Waals surface area contributed by atoms with Crippen LogP contribution in [0.2, 0.25) is 0 Å². The first-order valence-electron chi connectivity index (χ1n) is 6.27. The van der Waals surface area contributed by atoms with Gasteiger partial charge in [0, 0.05) is 7.05 Å². The van der Waals surface area contributed by atoms with Crippen molar-refractivity contribution in [2.45, 2.75) is 6.42 Å². The van der Waals surface area contributed by atoms with E-state index in [4.69, 9.17) is 0 Å². The van der Waals surface area contributed by atoms with Crippen LogP contribution >= 0.6 is 12.4 Å². The number of nitro groups is 1. The van der Waals surface area contributed by atoms with Gasteiger partial charge in [0.1, 0.15) is 17.7 Å². The lowest BCUT2D eigenvalue weighted by atomic mass is 9.99. The van der Waals surface area contributed by atoms with Crippen molar-refractivity contribution in [2.24, 2.45) is 7.05 Å². The zero-order valence-corrected chi connectivity index (χ0v) is 13.4. The van der Waals surface area contributed by atoms with Crippen molar-refractivity contribution in [3.8, 4) is 0 Å². The molecule has 0 aliphatic heterocycles. The van der Waals surface area contributed by atoms with E-state index in [2.05, 4.69) is 14.8 Å². The number of nitrogens with zero attached hydrogens (tertiary/aromatic N) is 4. The summed E-state index contributed by atoms with van der Waals surface area (Å²) in [5, 5.41) is 15.0. The summed E-state index contributed by atoms with van der Waals surface area (Å²) in [7, 11) is 2.61. The zero-order valence-electron chi connectivity index (χ0n) is 12.6. The minimum Gasteiger partial charge on any atom is -0.465 e. The number of methoxy groups -OCH3 is 1. The molecule has 0 saturated heterocycles. The lowest BCUT2D eigenvalue weighted by Gasteiger charge is -2.07. The fraction of sp³-hybridized carbons (Fsp3) is 0.231. The minimum atomic E-state index is -1.05. The molecule has 0 amide bonds. The summed E-state index contributed by atoms with van der Waals surface area (Å²) in [6.07, 6.45) is 0.972. The number of carbonyl (C=O) groups is 2. The van der Waals surface area contributed by atoms with Gasteiger partial charge in [-0.1, -0.05) is 0 Å². The molecule has 24 heavy (non-hydrogen) atoms. The van der Waals surface area contributed by atoms with Crippen molar-refractivity contribution in [3.05, 3.63) is 51.3 Å². The van der Waals surface area contributed by atoms with E-state index in [-0.39, 0.29) is 24.7 Å². The van der Waals surface area contributed by atoms with Crippen LogP contribution in [-0.2, 0) is 18.2 Å². The molecule has 1 aromatic heterocycles. The van der Waals surface area contributed by atoms with E-state index in [1.54, 1.807) is 7.05 Å². The summed E-state index contributed by atoms with van der Waals surface area (Å²) in [5.41, 5.74) is -1.86. The fourth-order valence-corrected chi connectivity index (χ4v) is 2.00. The Bertz CT molecular complexity index is 808. The molecule has 11 heteroatoms. The van der Waals surface area contributed by atoms with Gasteiger partial charge >= 0.3 is 5.97 Å². The third-order valence-corrected chi connectivity index (χ3v) is 2.93. The number of ketones is 1. The van der Waals surface area contributed by atoms with Gasteiger partial charge in [-0.25, -0.2) is 14.2 Å². The quantitative estimate of drug-likeness (QED) is 0.344. The minimum absolute atomic E-state index is 0. The van der Waals surface area contributed by atoms with E-state index < -0.39 is 39.3 Å². The molecule has 0 aliphatic rings. The summed E-state index contributed by atoms with van der Waals surface area (Å²) in [4.78, 5) is 38.1. The second-order valence-corrected chi connectivity index (χ2v) is 4.53. The third kappa shape index (κ3) is 3.90. The molecule has 9 nitrogen and oxygen atoms in total. The van der Waals surface area contributed by atoms with Crippen molar-refractivity contribution < 1.29 is 23.6 Å². The highest BCUT2D eigenvalue weighted by atomic mass is 35.5. The summed E-state index contributed by atoms with van der Waals surface area (Å²) in [6.45, 7) is 0. The van der Waals surface area contributed by atoms with Crippen molar-refractivity contribution in [1.82, 2.24) is 14.8 Å². The van der Waals surface area contributed by atoms with E-state index in [1.165, 1.54) is 11.0 Å². The average molecular weight is 359 g/mol. The number of rotatable bonds is 5. The van der Waals surface area contributed by atoms with Crippen molar-refractivity contribution in [2.75, 3.05) is 7.11 Å². The van der Waals surface area contributed by atoms with E-state index in [0.29, 0.717) is 6.07 Å². The van der Waals surface area contributed by atoms with Gasteiger partial charge in [-0.2, -0.15) is 5.10 Å². The number of halogens is 2. The number of hydrogen-bond donors (Lipinski definition) is 0. The average Bonchev–Trinajstić information content (AvgIpc) is 2.90. The Morgan fingerprint density at radius 3 is 2.58 bits per heavy atom. The Morgan fingerprint density at radius 1 is 1.42 bits per heavy atom. The lowest BCUT2D eigenvalue weighted by molar-refractivity contribution is -0.385. The molecule has 0 N–H and O–H groups in total. The number of aromatic nitrogens is 3. The first kappa shape index (κ1) is 19.2. The normalized spacial score (nSPS) is 9.96. The highest BCUT2D eigenvalue weighted by Crippen LogP contribution is 2.26. The second kappa shape index (κ2) is 7.59. The Kier molecular flexibility index (Phi) is 6.07. The maximum absolute atomic E-state index is 13.5. The molecule has 0 atom stereocenters. The first-order valence-corrected chi connectivity index (χ1v) is 6.27. The number of hydrogen-bond acceptors (Lipinski definition) is 7. The van der Waals surface area contributed by atoms with Gasteiger partial charge in [-0.3, -0.25) is 19.6 Å². The maximum Gasteiger partial charge on any atom is 0.338 e. The molecule has 0 spiro atoms. The standard InChI is InChI=1S/C13H11FN4O5.ClH/c1-17-6-15-11(16-17)5-10(19)12-8(13(20)23-2)3-7(14)4-9(12)18(21)22;/h3-4,6H,5H2,1-2H3;1H. The topological polar surface area (TPSA) is 117 Å². The summed E-state index contributed by atoms with van der Waals surface area (Å²) in [5.74, 6) is -2.75. The summed E-state index contributed by atoms with van der Waals surface area (Å²) in [6, 6.07) is 1.30. The highest BCUT2D eigenvalue weighted by molar-refractivity contribution is 6.09. The monoisotopic (exact) mass is 358 g/mol. The Labute approximate surface area is 141 Å². The van der Waals surface area contributed by atoms with Crippen LogP contribution in [0, 0.1) is 15.9 Å². The number of Topliss-reactive ketones (excluding diaryl/α,β-unsaturated/α-hetero) is 1. The molecule has 1 aromatic carbocycles. The fourth-order valence-electron chi connectivity index (χ4n) is 2.00. The number of benzene rings is 1. The van der Waals surface area contributed by atoms with Crippen molar-refractivity contribution in [1.29, 1.82) is 0 Å². The molecule has 2 rings (SSSR count). The maximum atomic E-state index is 13.5. The molecule has 0 aliphatic carbocycles. The second-order valence-electron chi connectivity index (χ2n) is 4.53. The van der Waals surface area contributed by atoms with Gasteiger partial charge in [0.05, 0.1) is 30.1 Å². The molecule has 0 radical (unpaired) electrons. The molecule has 0 saturated carbocycles. The summed E-state index contributed by atoms with van der Waals surface area (Å²) < 4.78 is 19.3. The van der Waals surface area contributed by atoms with E-state index >= 15 is 0 Å². The van der Waals surface area contributed by atoms with Crippen LogP contribution < -0.4 is 0 Å². The highest BCUT2D eigenvalue weighted by Gasteiger charge is 2.30. The van der Waals surface area contributed by atoms with Gasteiger partial charge < -0.3 is 4.74 Å². The smallest absolute Gasteiger partial charge is 0.338 e. The lowest BCUT2D eigenvalue weighted by Crippen LogP contribution is -2.16.